The number of amides is 3. The second-order valence-electron chi connectivity index (χ2n) is 8.50. The van der Waals surface area contributed by atoms with Crippen LogP contribution in [0.4, 0.5) is 4.79 Å². The van der Waals surface area contributed by atoms with Gasteiger partial charge in [0.15, 0.2) is 0 Å². The van der Waals surface area contributed by atoms with Gasteiger partial charge in [-0.25, -0.2) is 4.79 Å². The van der Waals surface area contributed by atoms with E-state index in [0.29, 0.717) is 19.4 Å². The quantitative estimate of drug-likeness (QED) is 0.763. The summed E-state index contributed by atoms with van der Waals surface area (Å²) >= 11 is 0. The molecular formula is C21H29N3O3. The van der Waals surface area contributed by atoms with E-state index in [1.807, 2.05) is 13.8 Å². The lowest BCUT2D eigenvalue weighted by Crippen LogP contribution is -2.55. The van der Waals surface area contributed by atoms with Crippen molar-refractivity contribution in [2.75, 3.05) is 33.3 Å². The third-order valence-corrected chi connectivity index (χ3v) is 6.19. The number of likely N-dealkylation sites (tertiary alicyclic amines) is 1. The van der Waals surface area contributed by atoms with Crippen LogP contribution >= 0.6 is 0 Å². The van der Waals surface area contributed by atoms with Crippen molar-refractivity contribution in [3.63, 3.8) is 0 Å². The molecule has 0 aromatic heterocycles. The van der Waals surface area contributed by atoms with E-state index >= 15 is 0 Å². The van der Waals surface area contributed by atoms with E-state index < -0.39 is 5.54 Å². The first-order valence-corrected chi connectivity index (χ1v) is 9.97. The number of hydrogen-bond acceptors (Lipinski definition) is 4. The molecule has 0 unspecified atom stereocenters. The highest BCUT2D eigenvalue weighted by atomic mass is 16.5. The number of carbonyl (C=O) groups is 2. The fourth-order valence-corrected chi connectivity index (χ4v) is 4.60. The summed E-state index contributed by atoms with van der Waals surface area (Å²) in [5.41, 5.74) is 1.94. The van der Waals surface area contributed by atoms with Crippen LogP contribution < -0.4 is 4.74 Å². The first-order chi connectivity index (χ1) is 12.9. The number of benzene rings is 1. The average Bonchev–Trinajstić information content (AvgIpc) is 3.18. The molecular weight excluding hydrogens is 342 g/mol. The molecule has 1 aromatic rings. The number of piperidine rings is 1. The number of hydrogen-bond donors (Lipinski definition) is 0. The van der Waals surface area contributed by atoms with Gasteiger partial charge in [-0.15, -0.1) is 0 Å². The van der Waals surface area contributed by atoms with Gasteiger partial charge in [0.05, 0.1) is 6.61 Å². The second-order valence-corrected chi connectivity index (χ2v) is 8.50. The molecule has 0 bridgehead atoms. The molecule has 3 heterocycles. The first kappa shape index (κ1) is 18.3. The van der Waals surface area contributed by atoms with Gasteiger partial charge in [0.1, 0.15) is 11.3 Å². The first-order valence-electron chi connectivity index (χ1n) is 9.97. The van der Waals surface area contributed by atoms with Crippen LogP contribution in [0.25, 0.3) is 0 Å². The Kier molecular flexibility index (Phi) is 4.62. The Morgan fingerprint density at radius 3 is 2.63 bits per heavy atom. The molecule has 27 heavy (non-hydrogen) atoms. The van der Waals surface area contributed by atoms with Crippen molar-refractivity contribution < 1.29 is 14.3 Å². The normalized spacial score (nSPS) is 22.1. The highest BCUT2D eigenvalue weighted by Crippen LogP contribution is 2.37. The Bertz CT molecular complexity index is 753. The number of fused-ring (bicyclic) bond motifs is 1. The third kappa shape index (κ3) is 3.10. The summed E-state index contributed by atoms with van der Waals surface area (Å²) in [4.78, 5) is 31.2. The van der Waals surface area contributed by atoms with Gasteiger partial charge in [-0.1, -0.05) is 26.0 Å². The van der Waals surface area contributed by atoms with Crippen LogP contribution in [-0.4, -0.2) is 65.5 Å². The van der Waals surface area contributed by atoms with Crippen LogP contribution in [0.1, 0.15) is 37.8 Å². The van der Waals surface area contributed by atoms with Gasteiger partial charge in [-0.3, -0.25) is 14.6 Å². The van der Waals surface area contributed by atoms with Crippen LogP contribution in [0.5, 0.6) is 5.75 Å². The van der Waals surface area contributed by atoms with E-state index in [2.05, 4.69) is 23.1 Å². The molecule has 146 valence electrons. The molecule has 1 spiro atoms. The summed E-state index contributed by atoms with van der Waals surface area (Å²) in [6.07, 6.45) is 2.40. The lowest BCUT2D eigenvalue weighted by molar-refractivity contribution is -0.135. The summed E-state index contributed by atoms with van der Waals surface area (Å²) in [5, 5.41) is 0. The minimum atomic E-state index is -0.645. The average molecular weight is 371 g/mol. The van der Waals surface area contributed by atoms with Gasteiger partial charge in [0, 0.05) is 39.6 Å². The summed E-state index contributed by atoms with van der Waals surface area (Å²) in [6, 6.07) is 6.31. The van der Waals surface area contributed by atoms with Crippen molar-refractivity contribution in [2.24, 2.45) is 5.92 Å². The summed E-state index contributed by atoms with van der Waals surface area (Å²) < 4.78 is 5.58. The van der Waals surface area contributed by atoms with E-state index in [1.54, 1.807) is 11.9 Å². The fraction of sp³-hybridized carbons (Fsp3) is 0.619. The van der Waals surface area contributed by atoms with E-state index in [4.69, 9.17) is 4.74 Å². The van der Waals surface area contributed by atoms with Crippen LogP contribution in [0.3, 0.4) is 0 Å². The monoisotopic (exact) mass is 371 g/mol. The Hall–Kier alpha value is -2.08. The van der Waals surface area contributed by atoms with Crippen molar-refractivity contribution >= 4 is 11.9 Å². The molecule has 0 atom stereocenters. The number of ether oxygens (including phenoxy) is 1. The Morgan fingerprint density at radius 2 is 1.93 bits per heavy atom. The van der Waals surface area contributed by atoms with Gasteiger partial charge in [-0.05, 0) is 36.0 Å². The number of imide groups is 1. The highest BCUT2D eigenvalue weighted by Gasteiger charge is 2.56. The van der Waals surface area contributed by atoms with Crippen LogP contribution in [0.2, 0.25) is 0 Å². The molecule has 6 heteroatoms. The lowest BCUT2D eigenvalue weighted by atomic mass is 9.86. The van der Waals surface area contributed by atoms with Crippen LogP contribution in [0, 0.1) is 5.92 Å². The molecule has 0 radical (unpaired) electrons. The Balaban J connectivity index is 1.42. The maximum Gasteiger partial charge on any atom is 0.327 e. The van der Waals surface area contributed by atoms with Crippen molar-refractivity contribution in [3.8, 4) is 5.75 Å². The molecule has 3 aliphatic heterocycles. The molecule has 3 amide bonds. The summed E-state index contributed by atoms with van der Waals surface area (Å²) in [5.74, 6) is 1.29. The maximum atomic E-state index is 13.1. The predicted molar refractivity (Wildman–Crippen MR) is 103 cm³/mol. The molecule has 0 aliphatic carbocycles. The number of urea groups is 1. The molecule has 6 nitrogen and oxygen atoms in total. The standard InChI is InChI=1S/C21H29N3O3/c1-15(2)13-24-19(25)21(22(3)20(24)26)7-9-23(10-8-21)14-16-4-5-18-17(12-16)6-11-27-18/h4-5,12,15H,6-11,13-14H2,1-3H3. The Morgan fingerprint density at radius 1 is 1.19 bits per heavy atom. The molecule has 3 aliphatic rings. The summed E-state index contributed by atoms with van der Waals surface area (Å²) in [6.45, 7) is 7.89. The summed E-state index contributed by atoms with van der Waals surface area (Å²) in [7, 11) is 1.79. The molecule has 2 fully saturated rings. The van der Waals surface area contributed by atoms with E-state index in [0.717, 1.165) is 38.4 Å². The topological polar surface area (TPSA) is 53.1 Å². The van der Waals surface area contributed by atoms with Gasteiger partial charge in [0.25, 0.3) is 5.91 Å². The number of rotatable bonds is 4. The molecule has 4 rings (SSSR count). The van der Waals surface area contributed by atoms with E-state index in [9.17, 15) is 9.59 Å². The maximum absolute atomic E-state index is 13.1. The predicted octanol–water partition coefficient (Wildman–Crippen LogP) is 2.51. The molecule has 2 saturated heterocycles. The zero-order valence-electron chi connectivity index (χ0n) is 16.5. The zero-order chi connectivity index (χ0) is 19.2. The Labute approximate surface area is 161 Å². The molecule has 1 aromatic carbocycles. The minimum Gasteiger partial charge on any atom is -0.493 e. The third-order valence-electron chi connectivity index (χ3n) is 6.19. The van der Waals surface area contributed by atoms with Crippen molar-refractivity contribution in [3.05, 3.63) is 29.3 Å². The fourth-order valence-electron chi connectivity index (χ4n) is 4.60. The number of carbonyl (C=O) groups excluding carboxylic acids is 2. The van der Waals surface area contributed by atoms with Gasteiger partial charge >= 0.3 is 6.03 Å². The molecule has 0 saturated carbocycles. The van der Waals surface area contributed by atoms with Crippen LogP contribution in [-0.2, 0) is 17.8 Å². The van der Waals surface area contributed by atoms with Gasteiger partial charge in [0.2, 0.25) is 0 Å². The number of nitrogens with zero attached hydrogens (tertiary/aromatic N) is 3. The highest BCUT2D eigenvalue weighted by molar-refractivity contribution is 6.07. The van der Waals surface area contributed by atoms with E-state index in [1.165, 1.54) is 16.0 Å². The van der Waals surface area contributed by atoms with Crippen molar-refractivity contribution in [1.29, 1.82) is 0 Å². The smallest absolute Gasteiger partial charge is 0.327 e. The zero-order valence-corrected chi connectivity index (χ0v) is 16.5. The minimum absolute atomic E-state index is 0.00182. The second kappa shape index (κ2) is 6.82. The van der Waals surface area contributed by atoms with Gasteiger partial charge < -0.3 is 9.64 Å². The van der Waals surface area contributed by atoms with E-state index in [-0.39, 0.29) is 17.9 Å². The van der Waals surface area contributed by atoms with Crippen molar-refractivity contribution in [1.82, 2.24) is 14.7 Å². The molecule has 0 N–H and O–H groups in total. The lowest BCUT2D eigenvalue weighted by Gasteiger charge is -2.40. The van der Waals surface area contributed by atoms with Gasteiger partial charge in [-0.2, -0.15) is 0 Å². The van der Waals surface area contributed by atoms with Crippen LogP contribution in [0.15, 0.2) is 18.2 Å². The number of likely N-dealkylation sites (N-methyl/N-ethyl adjacent to an activating group) is 1. The van der Waals surface area contributed by atoms with Crippen molar-refractivity contribution in [2.45, 2.75) is 45.2 Å². The SMILES string of the molecule is CC(C)CN1C(=O)N(C)C2(CCN(Cc3ccc4c(c3)CCO4)CC2)C1=O. The largest absolute Gasteiger partial charge is 0.493 e.